The van der Waals surface area contributed by atoms with E-state index in [9.17, 15) is 4.79 Å². The summed E-state index contributed by atoms with van der Waals surface area (Å²) in [5, 5.41) is 3.28. The van der Waals surface area contributed by atoms with Crippen LogP contribution in [0.4, 0.5) is 0 Å². The molecule has 5 heteroatoms. The molecule has 24 heavy (non-hydrogen) atoms. The van der Waals surface area contributed by atoms with Gasteiger partial charge >= 0.3 is 0 Å². The molecule has 1 N–H and O–H groups in total. The lowest BCUT2D eigenvalue weighted by Gasteiger charge is -2.44. The fourth-order valence-corrected chi connectivity index (χ4v) is 4.24. The molecule has 132 valence electrons. The number of benzene rings is 1. The highest BCUT2D eigenvalue weighted by Crippen LogP contribution is 2.36. The fourth-order valence-electron chi connectivity index (χ4n) is 4.24. The molecule has 1 saturated carbocycles. The van der Waals surface area contributed by atoms with E-state index in [0.29, 0.717) is 23.0 Å². The lowest BCUT2D eigenvalue weighted by atomic mass is 9.72. The molecule has 0 spiro atoms. The van der Waals surface area contributed by atoms with E-state index in [1.54, 1.807) is 32.4 Å². The van der Waals surface area contributed by atoms with Gasteiger partial charge in [0.1, 0.15) is 0 Å². The van der Waals surface area contributed by atoms with Crippen LogP contribution in [0.2, 0.25) is 0 Å². The van der Waals surface area contributed by atoms with Crippen molar-refractivity contribution in [3.63, 3.8) is 0 Å². The van der Waals surface area contributed by atoms with Crippen LogP contribution in [0.1, 0.15) is 36.0 Å². The minimum atomic E-state index is -0.0187. The van der Waals surface area contributed by atoms with Gasteiger partial charge in [-0.05, 0) is 62.9 Å². The van der Waals surface area contributed by atoms with Gasteiger partial charge in [-0.2, -0.15) is 0 Å². The fraction of sp³-hybridized carbons (Fsp3) is 0.632. The Bertz CT molecular complexity index is 590. The van der Waals surface area contributed by atoms with Crippen LogP contribution in [0.5, 0.6) is 11.5 Å². The molecule has 0 unspecified atom stereocenters. The molecule has 3 rings (SSSR count). The standard InChI is InChI=1S/C19H28N2O3/c1-21-10-9-13-5-4-6-16(15(13)12-21)20-19(22)14-7-8-17(23-2)18(11-14)24-3/h7-8,11,13,15-16H,4-6,9-10,12H2,1-3H3,(H,20,22)/t13-,15-,16-/m1/s1. The van der Waals surface area contributed by atoms with E-state index in [4.69, 9.17) is 9.47 Å². The summed E-state index contributed by atoms with van der Waals surface area (Å²) >= 11 is 0. The van der Waals surface area contributed by atoms with Crippen molar-refractivity contribution in [2.75, 3.05) is 34.4 Å². The number of hydrogen-bond acceptors (Lipinski definition) is 4. The number of carbonyl (C=O) groups is 1. The zero-order valence-electron chi connectivity index (χ0n) is 14.9. The number of piperidine rings is 1. The van der Waals surface area contributed by atoms with Crippen LogP contribution in [-0.4, -0.2) is 51.2 Å². The third-order valence-corrected chi connectivity index (χ3v) is 5.58. The SMILES string of the molecule is COc1ccc(C(=O)N[C@@H]2CCC[C@@H]3CCN(C)C[C@H]32)cc1OC. The number of ether oxygens (including phenoxy) is 2. The van der Waals surface area contributed by atoms with E-state index in [0.717, 1.165) is 18.9 Å². The van der Waals surface area contributed by atoms with Gasteiger partial charge in [-0.15, -0.1) is 0 Å². The number of rotatable bonds is 4. The van der Waals surface area contributed by atoms with Crippen molar-refractivity contribution in [3.05, 3.63) is 23.8 Å². The van der Waals surface area contributed by atoms with Gasteiger partial charge in [0, 0.05) is 18.2 Å². The average molecular weight is 332 g/mol. The van der Waals surface area contributed by atoms with Crippen LogP contribution in [0.15, 0.2) is 18.2 Å². The third kappa shape index (κ3) is 3.51. The molecule has 1 aromatic carbocycles. The molecule has 1 aliphatic carbocycles. The van der Waals surface area contributed by atoms with Crippen molar-refractivity contribution in [1.82, 2.24) is 10.2 Å². The first-order valence-corrected chi connectivity index (χ1v) is 8.83. The zero-order chi connectivity index (χ0) is 17.1. The monoisotopic (exact) mass is 332 g/mol. The molecular weight excluding hydrogens is 304 g/mol. The second-order valence-electron chi connectivity index (χ2n) is 7.06. The van der Waals surface area contributed by atoms with Gasteiger partial charge in [0.15, 0.2) is 11.5 Å². The first-order valence-electron chi connectivity index (χ1n) is 8.83. The largest absolute Gasteiger partial charge is 0.493 e. The maximum Gasteiger partial charge on any atom is 0.251 e. The number of amides is 1. The number of carbonyl (C=O) groups excluding carboxylic acids is 1. The zero-order valence-corrected chi connectivity index (χ0v) is 14.9. The molecule has 2 fully saturated rings. The number of nitrogens with zero attached hydrogens (tertiary/aromatic N) is 1. The predicted octanol–water partition coefficient (Wildman–Crippen LogP) is 2.55. The van der Waals surface area contributed by atoms with Gasteiger partial charge < -0.3 is 19.7 Å². The Morgan fingerprint density at radius 2 is 1.96 bits per heavy atom. The molecule has 3 atom stereocenters. The van der Waals surface area contributed by atoms with Gasteiger partial charge in [-0.1, -0.05) is 6.42 Å². The van der Waals surface area contributed by atoms with E-state index in [1.807, 2.05) is 0 Å². The lowest BCUT2D eigenvalue weighted by Crippen LogP contribution is -2.52. The van der Waals surface area contributed by atoms with Gasteiger partial charge in [0.25, 0.3) is 5.91 Å². The first-order chi connectivity index (χ1) is 11.6. The van der Waals surface area contributed by atoms with Crippen LogP contribution in [0.25, 0.3) is 0 Å². The van der Waals surface area contributed by atoms with E-state index < -0.39 is 0 Å². The van der Waals surface area contributed by atoms with Crippen LogP contribution in [-0.2, 0) is 0 Å². The molecule has 1 heterocycles. The maximum atomic E-state index is 12.7. The number of nitrogens with one attached hydrogen (secondary N) is 1. The first kappa shape index (κ1) is 17.1. The Morgan fingerprint density at radius 3 is 2.71 bits per heavy atom. The van der Waals surface area contributed by atoms with E-state index in [1.165, 1.54) is 25.8 Å². The maximum absolute atomic E-state index is 12.7. The summed E-state index contributed by atoms with van der Waals surface area (Å²) in [4.78, 5) is 15.1. The molecule has 0 aromatic heterocycles. The summed E-state index contributed by atoms with van der Waals surface area (Å²) in [5.74, 6) is 2.53. The average Bonchev–Trinajstić information content (AvgIpc) is 2.61. The summed E-state index contributed by atoms with van der Waals surface area (Å²) < 4.78 is 10.5. The van der Waals surface area contributed by atoms with Crippen LogP contribution >= 0.6 is 0 Å². The predicted molar refractivity (Wildman–Crippen MR) is 93.7 cm³/mol. The van der Waals surface area contributed by atoms with Crippen LogP contribution < -0.4 is 14.8 Å². The van der Waals surface area contributed by atoms with E-state index >= 15 is 0 Å². The number of hydrogen-bond donors (Lipinski definition) is 1. The van der Waals surface area contributed by atoms with Crippen molar-refractivity contribution in [1.29, 1.82) is 0 Å². The van der Waals surface area contributed by atoms with E-state index in [2.05, 4.69) is 17.3 Å². The number of fused-ring (bicyclic) bond motifs is 1. The van der Waals surface area contributed by atoms with Gasteiger partial charge in [-0.3, -0.25) is 4.79 Å². The van der Waals surface area contributed by atoms with Gasteiger partial charge in [0.2, 0.25) is 0 Å². The Balaban J connectivity index is 1.71. The van der Waals surface area contributed by atoms with Crippen LogP contribution in [0, 0.1) is 11.8 Å². The molecule has 1 aliphatic heterocycles. The highest BCUT2D eigenvalue weighted by Gasteiger charge is 2.37. The Kier molecular flexibility index (Phi) is 5.29. The summed E-state index contributed by atoms with van der Waals surface area (Å²) in [6.07, 6.45) is 4.85. The minimum Gasteiger partial charge on any atom is -0.493 e. The van der Waals surface area contributed by atoms with Crippen molar-refractivity contribution < 1.29 is 14.3 Å². The van der Waals surface area contributed by atoms with E-state index in [-0.39, 0.29) is 11.9 Å². The quantitative estimate of drug-likeness (QED) is 0.921. The molecular formula is C19H28N2O3. The van der Waals surface area contributed by atoms with Crippen molar-refractivity contribution in [2.24, 2.45) is 11.8 Å². The third-order valence-electron chi connectivity index (χ3n) is 5.58. The van der Waals surface area contributed by atoms with Crippen molar-refractivity contribution in [2.45, 2.75) is 31.7 Å². The minimum absolute atomic E-state index is 0.0187. The Labute approximate surface area is 144 Å². The molecule has 0 radical (unpaired) electrons. The Morgan fingerprint density at radius 1 is 1.17 bits per heavy atom. The topological polar surface area (TPSA) is 50.8 Å². The number of likely N-dealkylation sites (tertiary alicyclic amines) is 1. The summed E-state index contributed by atoms with van der Waals surface area (Å²) in [5.41, 5.74) is 0.624. The second-order valence-corrected chi connectivity index (χ2v) is 7.06. The Hall–Kier alpha value is -1.75. The highest BCUT2D eigenvalue weighted by atomic mass is 16.5. The van der Waals surface area contributed by atoms with Gasteiger partial charge in [-0.25, -0.2) is 0 Å². The molecule has 1 saturated heterocycles. The molecule has 1 aromatic rings. The van der Waals surface area contributed by atoms with Crippen molar-refractivity contribution >= 4 is 5.91 Å². The van der Waals surface area contributed by atoms with Crippen LogP contribution in [0.3, 0.4) is 0 Å². The molecule has 1 amide bonds. The molecule has 5 nitrogen and oxygen atoms in total. The number of methoxy groups -OCH3 is 2. The van der Waals surface area contributed by atoms with Crippen molar-refractivity contribution in [3.8, 4) is 11.5 Å². The van der Waals surface area contributed by atoms with Gasteiger partial charge in [0.05, 0.1) is 14.2 Å². The summed E-state index contributed by atoms with van der Waals surface area (Å²) in [6.45, 7) is 2.26. The summed E-state index contributed by atoms with van der Waals surface area (Å²) in [6, 6.07) is 5.60. The summed E-state index contributed by atoms with van der Waals surface area (Å²) in [7, 11) is 5.36. The normalized spacial score (nSPS) is 27.2. The highest BCUT2D eigenvalue weighted by molar-refractivity contribution is 5.95. The molecule has 0 bridgehead atoms. The second kappa shape index (κ2) is 7.43. The lowest BCUT2D eigenvalue weighted by molar-refractivity contribution is 0.0650. The smallest absolute Gasteiger partial charge is 0.251 e. The molecule has 2 aliphatic rings.